The molecule has 5 heteroatoms. The number of aldehydes is 1. The van der Waals surface area contributed by atoms with E-state index in [9.17, 15) is 9.59 Å². The van der Waals surface area contributed by atoms with E-state index in [0.717, 1.165) is 17.7 Å². The van der Waals surface area contributed by atoms with Crippen LogP contribution in [-0.4, -0.2) is 32.0 Å². The molecule has 1 atom stereocenters. The molecule has 0 amide bonds. The largest absolute Gasteiger partial charge is 0.497 e. The van der Waals surface area contributed by atoms with E-state index >= 15 is 0 Å². The van der Waals surface area contributed by atoms with Gasteiger partial charge in [0.25, 0.3) is 0 Å². The molecule has 0 saturated heterocycles. The molecule has 1 N–H and O–H groups in total. The number of ether oxygens (including phenoxy) is 2. The van der Waals surface area contributed by atoms with Crippen molar-refractivity contribution < 1.29 is 19.1 Å². The average molecular weight is 279 g/mol. The van der Waals surface area contributed by atoms with Gasteiger partial charge >= 0.3 is 5.97 Å². The van der Waals surface area contributed by atoms with E-state index in [1.165, 1.54) is 0 Å². The Morgan fingerprint density at radius 2 is 1.95 bits per heavy atom. The fraction of sp³-hybridized carbons (Fsp3) is 0.467. The van der Waals surface area contributed by atoms with Gasteiger partial charge in [-0.1, -0.05) is 13.8 Å². The van der Waals surface area contributed by atoms with Crippen molar-refractivity contribution in [2.45, 2.75) is 26.8 Å². The van der Waals surface area contributed by atoms with Gasteiger partial charge in [-0.2, -0.15) is 0 Å². The lowest BCUT2D eigenvalue weighted by Crippen LogP contribution is -2.44. The number of methoxy groups -OCH3 is 1. The standard InChI is InChI=1S/C15H21NO4/c1-5-20-14(18)13(15(2,3)10-17)16-11-6-8-12(19-4)9-7-11/h6-10,13,16H,5H2,1-4H3. The minimum atomic E-state index is -0.869. The van der Waals surface area contributed by atoms with Crippen LogP contribution in [-0.2, 0) is 14.3 Å². The topological polar surface area (TPSA) is 64.6 Å². The van der Waals surface area contributed by atoms with Gasteiger partial charge in [-0.15, -0.1) is 0 Å². The van der Waals surface area contributed by atoms with Crippen LogP contribution < -0.4 is 10.1 Å². The molecular formula is C15H21NO4. The van der Waals surface area contributed by atoms with Crippen molar-refractivity contribution in [1.29, 1.82) is 0 Å². The summed E-state index contributed by atoms with van der Waals surface area (Å²) in [6.45, 7) is 5.39. The van der Waals surface area contributed by atoms with Crippen LogP contribution in [0.3, 0.4) is 0 Å². The van der Waals surface area contributed by atoms with Gasteiger partial charge in [0.15, 0.2) is 0 Å². The molecule has 1 aromatic carbocycles. The molecule has 1 aromatic rings. The second-order valence-electron chi connectivity index (χ2n) is 5.00. The van der Waals surface area contributed by atoms with Crippen molar-refractivity contribution in [1.82, 2.24) is 0 Å². The van der Waals surface area contributed by atoms with Crippen molar-refractivity contribution >= 4 is 17.9 Å². The normalized spacial score (nSPS) is 12.4. The maximum Gasteiger partial charge on any atom is 0.329 e. The SMILES string of the molecule is CCOC(=O)C(Nc1ccc(OC)cc1)C(C)(C)C=O. The van der Waals surface area contributed by atoms with Crippen LogP contribution in [0.25, 0.3) is 0 Å². The summed E-state index contributed by atoms with van der Waals surface area (Å²) in [5.74, 6) is 0.276. The molecule has 110 valence electrons. The summed E-state index contributed by atoms with van der Waals surface area (Å²) in [5.41, 5.74) is -0.148. The summed E-state index contributed by atoms with van der Waals surface area (Å²) in [4.78, 5) is 23.2. The summed E-state index contributed by atoms with van der Waals surface area (Å²) in [7, 11) is 1.58. The summed E-state index contributed by atoms with van der Waals surface area (Å²) in [6.07, 6.45) is 0.755. The predicted octanol–water partition coefficient (Wildman–Crippen LogP) is 2.26. The van der Waals surface area contributed by atoms with Gasteiger partial charge in [-0.05, 0) is 31.2 Å². The Labute approximate surface area is 119 Å². The lowest BCUT2D eigenvalue weighted by atomic mass is 9.86. The first-order valence-corrected chi connectivity index (χ1v) is 6.48. The van der Waals surface area contributed by atoms with Crippen LogP contribution in [0, 0.1) is 5.41 Å². The molecule has 5 nitrogen and oxygen atoms in total. The van der Waals surface area contributed by atoms with E-state index in [-0.39, 0.29) is 6.61 Å². The first-order chi connectivity index (χ1) is 9.44. The Hall–Kier alpha value is -2.04. The van der Waals surface area contributed by atoms with E-state index in [1.54, 1.807) is 52.1 Å². The number of esters is 1. The smallest absolute Gasteiger partial charge is 0.329 e. The third kappa shape index (κ3) is 3.98. The number of hydrogen-bond donors (Lipinski definition) is 1. The molecule has 0 bridgehead atoms. The van der Waals surface area contributed by atoms with Crippen LogP contribution in [0.1, 0.15) is 20.8 Å². The number of carbonyl (C=O) groups excluding carboxylic acids is 2. The summed E-state index contributed by atoms with van der Waals surface area (Å²) in [5, 5.41) is 3.04. The van der Waals surface area contributed by atoms with Crippen LogP contribution in [0.15, 0.2) is 24.3 Å². The predicted molar refractivity (Wildman–Crippen MR) is 76.9 cm³/mol. The van der Waals surface area contributed by atoms with E-state index < -0.39 is 17.4 Å². The highest BCUT2D eigenvalue weighted by molar-refractivity contribution is 5.85. The number of hydrogen-bond acceptors (Lipinski definition) is 5. The zero-order chi connectivity index (χ0) is 15.2. The van der Waals surface area contributed by atoms with Crippen molar-refractivity contribution in [3.63, 3.8) is 0 Å². The highest BCUT2D eigenvalue weighted by Gasteiger charge is 2.36. The number of benzene rings is 1. The minimum absolute atomic E-state index is 0.272. The number of carbonyl (C=O) groups is 2. The molecule has 0 spiro atoms. The molecule has 20 heavy (non-hydrogen) atoms. The lowest BCUT2D eigenvalue weighted by Gasteiger charge is -2.29. The lowest BCUT2D eigenvalue weighted by molar-refractivity contribution is -0.148. The van der Waals surface area contributed by atoms with Gasteiger partial charge in [0.1, 0.15) is 18.1 Å². The third-order valence-electron chi connectivity index (χ3n) is 2.97. The number of rotatable bonds is 7. The summed E-state index contributed by atoms with van der Waals surface area (Å²) in [6, 6.07) is 6.38. The highest BCUT2D eigenvalue weighted by atomic mass is 16.5. The van der Waals surface area contributed by atoms with Gasteiger partial charge in [0.05, 0.1) is 19.1 Å². The Kier molecular flexibility index (Phi) is 5.55. The zero-order valence-electron chi connectivity index (χ0n) is 12.3. The maximum absolute atomic E-state index is 12.0. The zero-order valence-corrected chi connectivity index (χ0v) is 12.3. The fourth-order valence-electron chi connectivity index (χ4n) is 1.70. The number of nitrogens with one attached hydrogen (secondary N) is 1. The molecule has 0 aromatic heterocycles. The van der Waals surface area contributed by atoms with Crippen LogP contribution in [0.4, 0.5) is 5.69 Å². The molecule has 0 fully saturated rings. The molecule has 0 heterocycles. The molecule has 0 saturated carbocycles. The van der Waals surface area contributed by atoms with E-state index in [0.29, 0.717) is 0 Å². The maximum atomic E-state index is 12.0. The highest BCUT2D eigenvalue weighted by Crippen LogP contribution is 2.24. The monoisotopic (exact) mass is 279 g/mol. The Morgan fingerprint density at radius 3 is 2.40 bits per heavy atom. The second-order valence-corrected chi connectivity index (χ2v) is 5.00. The second kappa shape index (κ2) is 6.93. The first kappa shape index (κ1) is 16.0. The Morgan fingerprint density at radius 1 is 1.35 bits per heavy atom. The van der Waals surface area contributed by atoms with Gasteiger partial charge in [-0.25, -0.2) is 4.79 Å². The quantitative estimate of drug-likeness (QED) is 0.612. The molecule has 1 unspecified atom stereocenters. The van der Waals surface area contributed by atoms with E-state index in [4.69, 9.17) is 9.47 Å². The van der Waals surface area contributed by atoms with E-state index in [1.807, 2.05) is 0 Å². The van der Waals surface area contributed by atoms with Gasteiger partial charge in [-0.3, -0.25) is 0 Å². The molecule has 0 radical (unpaired) electrons. The van der Waals surface area contributed by atoms with Crippen molar-refractivity contribution in [3.05, 3.63) is 24.3 Å². The molecule has 0 aliphatic heterocycles. The minimum Gasteiger partial charge on any atom is -0.497 e. The Bertz CT molecular complexity index is 453. The van der Waals surface area contributed by atoms with Gasteiger partial charge in [0, 0.05) is 5.69 Å². The van der Waals surface area contributed by atoms with Gasteiger partial charge < -0.3 is 19.6 Å². The number of anilines is 1. The summed E-state index contributed by atoms with van der Waals surface area (Å²) >= 11 is 0. The Balaban J connectivity index is 2.93. The van der Waals surface area contributed by atoms with E-state index in [2.05, 4.69) is 5.32 Å². The average Bonchev–Trinajstić information content (AvgIpc) is 2.45. The molecule has 0 aliphatic rings. The first-order valence-electron chi connectivity index (χ1n) is 6.48. The van der Waals surface area contributed by atoms with Crippen molar-refractivity contribution in [2.75, 3.05) is 19.0 Å². The van der Waals surface area contributed by atoms with Crippen LogP contribution >= 0.6 is 0 Å². The fourth-order valence-corrected chi connectivity index (χ4v) is 1.70. The van der Waals surface area contributed by atoms with Crippen molar-refractivity contribution in [3.8, 4) is 5.75 Å². The van der Waals surface area contributed by atoms with Crippen LogP contribution in [0.5, 0.6) is 5.75 Å². The van der Waals surface area contributed by atoms with Crippen LogP contribution in [0.2, 0.25) is 0 Å². The van der Waals surface area contributed by atoms with Crippen molar-refractivity contribution in [2.24, 2.45) is 5.41 Å². The van der Waals surface area contributed by atoms with Gasteiger partial charge in [0.2, 0.25) is 0 Å². The third-order valence-corrected chi connectivity index (χ3v) is 2.97. The summed E-state index contributed by atoms with van der Waals surface area (Å²) < 4.78 is 10.1. The molecule has 1 rings (SSSR count). The molecule has 0 aliphatic carbocycles. The molecular weight excluding hydrogens is 258 g/mol.